The first-order chi connectivity index (χ1) is 15.4. The number of cyclic esters (lactones) is 1. The average Bonchev–Trinajstić information content (AvgIpc) is 3.13. The first-order valence-corrected chi connectivity index (χ1v) is 10.7. The van der Waals surface area contributed by atoms with Gasteiger partial charge in [0.1, 0.15) is 12.4 Å². The van der Waals surface area contributed by atoms with Gasteiger partial charge in [0.05, 0.1) is 4.92 Å². The number of ether oxygens (including phenoxy) is 2. The smallest absolute Gasteiger partial charge is 0.363 e. The van der Waals surface area contributed by atoms with Crippen LogP contribution < -0.4 is 4.74 Å². The fraction of sp³-hybridized carbons (Fsp3) is 0.0833. The van der Waals surface area contributed by atoms with Crippen molar-refractivity contribution >= 4 is 46.2 Å². The third kappa shape index (κ3) is 5.02. The Labute approximate surface area is 197 Å². The SMILES string of the molecule is Cc1cc(C2=N/C(=C\c3cccc(OCc4ccc(I)cc4)c3)C(=O)O2)ccc1[N+](=O)[O-]. The molecule has 160 valence electrons. The molecule has 0 unspecified atom stereocenters. The van der Waals surface area contributed by atoms with E-state index in [1.54, 1.807) is 19.1 Å². The molecule has 1 aliphatic heterocycles. The summed E-state index contributed by atoms with van der Waals surface area (Å²) < 4.78 is 12.3. The zero-order valence-electron chi connectivity index (χ0n) is 16.9. The van der Waals surface area contributed by atoms with Crippen LogP contribution in [0, 0.1) is 20.6 Å². The molecule has 0 aliphatic carbocycles. The third-order valence-electron chi connectivity index (χ3n) is 4.74. The summed E-state index contributed by atoms with van der Waals surface area (Å²) in [5, 5.41) is 11.0. The Morgan fingerprint density at radius 3 is 2.62 bits per heavy atom. The quantitative estimate of drug-likeness (QED) is 0.137. The van der Waals surface area contributed by atoms with E-state index < -0.39 is 10.9 Å². The van der Waals surface area contributed by atoms with Crippen LogP contribution in [0.25, 0.3) is 6.08 Å². The molecule has 8 heteroatoms. The molecule has 7 nitrogen and oxygen atoms in total. The van der Waals surface area contributed by atoms with Crippen LogP contribution in [0.4, 0.5) is 5.69 Å². The predicted molar refractivity (Wildman–Crippen MR) is 128 cm³/mol. The molecular weight excluding hydrogens is 523 g/mol. The van der Waals surface area contributed by atoms with Crippen molar-refractivity contribution in [1.82, 2.24) is 0 Å². The van der Waals surface area contributed by atoms with Crippen LogP contribution in [0.1, 0.15) is 22.3 Å². The Bertz CT molecular complexity index is 1270. The molecule has 3 aromatic carbocycles. The number of hydrogen-bond acceptors (Lipinski definition) is 6. The van der Waals surface area contributed by atoms with Gasteiger partial charge in [0, 0.05) is 20.8 Å². The number of benzene rings is 3. The number of aliphatic imine (C=N–C) groups is 1. The Balaban J connectivity index is 1.52. The number of carbonyl (C=O) groups excluding carboxylic acids is 1. The first kappa shape index (κ1) is 21.7. The number of carbonyl (C=O) groups is 1. The van der Waals surface area contributed by atoms with E-state index in [0.29, 0.717) is 23.5 Å². The molecule has 0 fully saturated rings. The summed E-state index contributed by atoms with van der Waals surface area (Å²) in [6.07, 6.45) is 1.62. The molecule has 0 aromatic heterocycles. The monoisotopic (exact) mass is 540 g/mol. The number of nitrogens with zero attached hydrogens (tertiary/aromatic N) is 2. The van der Waals surface area contributed by atoms with Crippen molar-refractivity contribution in [2.24, 2.45) is 4.99 Å². The van der Waals surface area contributed by atoms with Gasteiger partial charge in [-0.2, -0.15) is 0 Å². The minimum absolute atomic E-state index is 0.00325. The molecule has 1 aliphatic rings. The Hall–Kier alpha value is -3.53. The summed E-state index contributed by atoms with van der Waals surface area (Å²) in [5.74, 6) is 0.200. The van der Waals surface area contributed by atoms with Crippen LogP contribution >= 0.6 is 22.6 Å². The van der Waals surface area contributed by atoms with Crippen molar-refractivity contribution in [3.63, 3.8) is 0 Å². The van der Waals surface area contributed by atoms with Crippen LogP contribution in [0.3, 0.4) is 0 Å². The van der Waals surface area contributed by atoms with E-state index in [9.17, 15) is 14.9 Å². The van der Waals surface area contributed by atoms with Crippen molar-refractivity contribution in [3.8, 4) is 5.75 Å². The Kier molecular flexibility index (Phi) is 6.31. The van der Waals surface area contributed by atoms with Gasteiger partial charge in [-0.25, -0.2) is 9.79 Å². The van der Waals surface area contributed by atoms with Gasteiger partial charge in [0.25, 0.3) is 5.69 Å². The normalized spacial score (nSPS) is 14.2. The highest BCUT2D eigenvalue weighted by Crippen LogP contribution is 2.24. The van der Waals surface area contributed by atoms with Crippen molar-refractivity contribution in [2.45, 2.75) is 13.5 Å². The van der Waals surface area contributed by atoms with E-state index in [1.165, 1.54) is 12.1 Å². The number of rotatable bonds is 6. The van der Waals surface area contributed by atoms with Gasteiger partial charge in [-0.15, -0.1) is 0 Å². The van der Waals surface area contributed by atoms with Crippen LogP contribution in [-0.4, -0.2) is 16.8 Å². The maximum Gasteiger partial charge on any atom is 0.363 e. The molecule has 0 saturated carbocycles. The molecule has 32 heavy (non-hydrogen) atoms. The molecule has 0 spiro atoms. The number of aryl methyl sites for hydroxylation is 1. The van der Waals surface area contributed by atoms with E-state index >= 15 is 0 Å². The van der Waals surface area contributed by atoms with E-state index in [2.05, 4.69) is 27.6 Å². The fourth-order valence-corrected chi connectivity index (χ4v) is 3.48. The maximum atomic E-state index is 12.3. The van der Waals surface area contributed by atoms with Crippen molar-refractivity contribution in [2.75, 3.05) is 0 Å². The van der Waals surface area contributed by atoms with Gasteiger partial charge >= 0.3 is 5.97 Å². The molecule has 0 radical (unpaired) electrons. The third-order valence-corrected chi connectivity index (χ3v) is 5.46. The second-order valence-electron chi connectivity index (χ2n) is 7.08. The van der Waals surface area contributed by atoms with Gasteiger partial charge in [-0.05, 0) is 83.1 Å². The summed E-state index contributed by atoms with van der Waals surface area (Å²) in [6.45, 7) is 2.05. The summed E-state index contributed by atoms with van der Waals surface area (Å²) in [4.78, 5) is 27.1. The highest BCUT2D eigenvalue weighted by Gasteiger charge is 2.25. The molecule has 0 amide bonds. The second kappa shape index (κ2) is 9.31. The second-order valence-corrected chi connectivity index (χ2v) is 8.33. The summed E-state index contributed by atoms with van der Waals surface area (Å²) >= 11 is 2.25. The van der Waals surface area contributed by atoms with Crippen LogP contribution in [0.15, 0.2) is 77.4 Å². The van der Waals surface area contributed by atoms with E-state index in [0.717, 1.165) is 14.7 Å². The van der Waals surface area contributed by atoms with Gasteiger partial charge < -0.3 is 9.47 Å². The zero-order chi connectivity index (χ0) is 22.7. The first-order valence-electron chi connectivity index (χ1n) is 9.64. The van der Waals surface area contributed by atoms with Crippen molar-refractivity contribution < 1.29 is 19.2 Å². The molecular formula is C24H17IN2O5. The summed E-state index contributed by atoms with van der Waals surface area (Å²) in [7, 11) is 0. The Morgan fingerprint density at radius 1 is 1.12 bits per heavy atom. The lowest BCUT2D eigenvalue weighted by atomic mass is 10.1. The maximum absolute atomic E-state index is 12.3. The van der Waals surface area contributed by atoms with Gasteiger partial charge in [-0.1, -0.05) is 24.3 Å². The van der Waals surface area contributed by atoms with Gasteiger partial charge in [0.2, 0.25) is 5.90 Å². The standard InChI is InChI=1S/C24H17IN2O5/c1-15-11-18(7-10-22(15)27(29)30)23-26-21(24(28)32-23)13-17-3-2-4-20(12-17)31-14-16-5-8-19(25)9-6-16/h2-13H,14H2,1H3/b21-13-. The molecule has 3 aromatic rings. The van der Waals surface area contributed by atoms with E-state index in [4.69, 9.17) is 9.47 Å². The van der Waals surface area contributed by atoms with Gasteiger partial charge in [0.15, 0.2) is 5.70 Å². The molecule has 1 heterocycles. The molecule has 0 atom stereocenters. The van der Waals surface area contributed by atoms with Crippen LogP contribution in [0.5, 0.6) is 5.75 Å². The number of halogens is 1. The lowest BCUT2D eigenvalue weighted by molar-refractivity contribution is -0.385. The van der Waals surface area contributed by atoms with E-state index in [1.807, 2.05) is 48.5 Å². The van der Waals surface area contributed by atoms with Crippen molar-refractivity contribution in [1.29, 1.82) is 0 Å². The lowest BCUT2D eigenvalue weighted by Crippen LogP contribution is -2.06. The highest BCUT2D eigenvalue weighted by atomic mass is 127. The minimum Gasteiger partial charge on any atom is -0.489 e. The minimum atomic E-state index is -0.582. The molecule has 0 saturated heterocycles. The average molecular weight is 540 g/mol. The van der Waals surface area contributed by atoms with E-state index in [-0.39, 0.29) is 17.3 Å². The van der Waals surface area contributed by atoms with Crippen molar-refractivity contribution in [3.05, 3.63) is 108 Å². The number of nitro groups is 1. The predicted octanol–water partition coefficient (Wildman–Crippen LogP) is 5.43. The largest absolute Gasteiger partial charge is 0.489 e. The number of hydrogen-bond donors (Lipinski definition) is 0. The fourth-order valence-electron chi connectivity index (χ4n) is 3.13. The summed E-state index contributed by atoms with van der Waals surface area (Å²) in [6, 6.07) is 19.9. The topological polar surface area (TPSA) is 91.0 Å². The summed E-state index contributed by atoms with van der Waals surface area (Å²) in [5.41, 5.74) is 2.89. The van der Waals surface area contributed by atoms with Crippen LogP contribution in [-0.2, 0) is 16.1 Å². The van der Waals surface area contributed by atoms with Gasteiger partial charge in [-0.3, -0.25) is 10.1 Å². The molecule has 4 rings (SSSR count). The molecule has 0 N–H and O–H groups in total. The Morgan fingerprint density at radius 2 is 1.91 bits per heavy atom. The number of nitro benzene ring substituents is 1. The number of esters is 1. The zero-order valence-corrected chi connectivity index (χ0v) is 19.1. The lowest BCUT2D eigenvalue weighted by Gasteiger charge is -2.07. The molecule has 0 bridgehead atoms. The highest BCUT2D eigenvalue weighted by molar-refractivity contribution is 14.1. The van der Waals surface area contributed by atoms with Crippen LogP contribution in [0.2, 0.25) is 0 Å².